The maximum atomic E-state index is 12.2. The van der Waals surface area contributed by atoms with E-state index in [0.717, 1.165) is 22.3 Å². The monoisotopic (exact) mass is 394 g/mol. The number of alkyl carbamates (subject to hydrolysis) is 1. The van der Waals surface area contributed by atoms with Crippen molar-refractivity contribution < 1.29 is 24.2 Å². The van der Waals surface area contributed by atoms with Gasteiger partial charge in [0.15, 0.2) is 0 Å². The lowest BCUT2D eigenvalue weighted by molar-refractivity contribution is -0.147. The van der Waals surface area contributed by atoms with E-state index in [0.29, 0.717) is 19.4 Å². The molecule has 150 valence electrons. The van der Waals surface area contributed by atoms with Gasteiger partial charge in [0.05, 0.1) is 0 Å². The zero-order valence-electron chi connectivity index (χ0n) is 15.8. The molecular formula is C22H22N2O5. The normalized spacial score (nSPS) is 17.5. The summed E-state index contributed by atoms with van der Waals surface area (Å²) in [6, 6.07) is 15.3. The number of rotatable bonds is 5. The number of amides is 2. The SMILES string of the molecule is O=C(NCC(=O)N1CCC[C@H]1C(=O)O)OCC1c2ccccc2-c2ccccc21. The van der Waals surface area contributed by atoms with E-state index in [2.05, 4.69) is 17.4 Å². The minimum absolute atomic E-state index is 0.0566. The topological polar surface area (TPSA) is 95.9 Å². The Hall–Kier alpha value is -3.35. The third-order valence-electron chi connectivity index (χ3n) is 5.59. The van der Waals surface area contributed by atoms with Gasteiger partial charge in [-0.05, 0) is 35.1 Å². The van der Waals surface area contributed by atoms with E-state index >= 15 is 0 Å². The number of carboxylic acid groups (broad SMARTS) is 1. The number of fused-ring (bicyclic) bond motifs is 3. The molecular weight excluding hydrogens is 372 g/mol. The van der Waals surface area contributed by atoms with Gasteiger partial charge in [-0.25, -0.2) is 9.59 Å². The number of carbonyl (C=O) groups excluding carboxylic acids is 2. The van der Waals surface area contributed by atoms with Crippen molar-refractivity contribution in [1.29, 1.82) is 0 Å². The molecule has 2 aromatic carbocycles. The van der Waals surface area contributed by atoms with Crippen molar-refractivity contribution >= 4 is 18.0 Å². The lowest BCUT2D eigenvalue weighted by Crippen LogP contribution is -2.45. The Labute approximate surface area is 168 Å². The van der Waals surface area contributed by atoms with Crippen molar-refractivity contribution in [2.45, 2.75) is 24.8 Å². The summed E-state index contributed by atoms with van der Waals surface area (Å²) in [7, 11) is 0. The third kappa shape index (κ3) is 3.68. The van der Waals surface area contributed by atoms with Crippen LogP contribution < -0.4 is 5.32 Å². The number of benzene rings is 2. The molecule has 2 aliphatic rings. The van der Waals surface area contributed by atoms with Crippen LogP contribution in [0.3, 0.4) is 0 Å². The van der Waals surface area contributed by atoms with Gasteiger partial charge in [0, 0.05) is 12.5 Å². The standard InChI is InChI=1S/C22H22N2O5/c25-20(24-11-5-10-19(24)21(26)27)12-23-22(28)29-13-18-16-8-3-1-6-14(16)15-7-2-4-9-17(15)18/h1-4,6-9,18-19H,5,10-13H2,(H,23,28)(H,26,27)/t19-/m0/s1. The highest BCUT2D eigenvalue weighted by atomic mass is 16.5. The summed E-state index contributed by atoms with van der Waals surface area (Å²) in [6.07, 6.45) is 0.394. The lowest BCUT2D eigenvalue weighted by atomic mass is 9.98. The number of hydrogen-bond acceptors (Lipinski definition) is 4. The first kappa shape index (κ1) is 19.0. The fourth-order valence-electron chi connectivity index (χ4n) is 4.22. The van der Waals surface area contributed by atoms with E-state index in [1.807, 2.05) is 36.4 Å². The Bertz CT molecular complexity index is 912. The van der Waals surface area contributed by atoms with Crippen molar-refractivity contribution in [2.75, 3.05) is 19.7 Å². The average molecular weight is 394 g/mol. The van der Waals surface area contributed by atoms with Crippen LogP contribution in [0.15, 0.2) is 48.5 Å². The van der Waals surface area contributed by atoms with Crippen LogP contribution in [0.2, 0.25) is 0 Å². The van der Waals surface area contributed by atoms with Gasteiger partial charge >= 0.3 is 12.1 Å². The molecule has 0 radical (unpaired) electrons. The van der Waals surface area contributed by atoms with Crippen molar-refractivity contribution in [2.24, 2.45) is 0 Å². The molecule has 0 aromatic heterocycles. The molecule has 1 aliphatic heterocycles. The second-order valence-electron chi connectivity index (χ2n) is 7.26. The molecule has 7 nitrogen and oxygen atoms in total. The second kappa shape index (κ2) is 7.95. The van der Waals surface area contributed by atoms with Gasteiger partial charge in [-0.15, -0.1) is 0 Å². The average Bonchev–Trinajstić information content (AvgIpc) is 3.34. The van der Waals surface area contributed by atoms with Crippen LogP contribution in [0.25, 0.3) is 11.1 Å². The molecule has 29 heavy (non-hydrogen) atoms. The van der Waals surface area contributed by atoms with E-state index in [9.17, 15) is 14.4 Å². The fraction of sp³-hybridized carbons (Fsp3) is 0.318. The molecule has 0 saturated carbocycles. The predicted molar refractivity (Wildman–Crippen MR) is 105 cm³/mol. The molecule has 0 unspecified atom stereocenters. The first-order chi connectivity index (χ1) is 14.1. The van der Waals surface area contributed by atoms with Gasteiger partial charge < -0.3 is 20.1 Å². The van der Waals surface area contributed by atoms with Crippen molar-refractivity contribution in [3.05, 3.63) is 59.7 Å². The smallest absolute Gasteiger partial charge is 0.407 e. The van der Waals surface area contributed by atoms with Crippen molar-refractivity contribution in [1.82, 2.24) is 10.2 Å². The fourth-order valence-corrected chi connectivity index (χ4v) is 4.22. The number of carbonyl (C=O) groups is 3. The van der Waals surface area contributed by atoms with E-state index in [1.54, 1.807) is 0 Å². The quantitative estimate of drug-likeness (QED) is 0.813. The maximum Gasteiger partial charge on any atom is 0.407 e. The molecule has 1 fully saturated rings. The Morgan fingerprint density at radius 1 is 1.03 bits per heavy atom. The highest BCUT2D eigenvalue weighted by Crippen LogP contribution is 2.44. The van der Waals surface area contributed by atoms with E-state index in [4.69, 9.17) is 9.84 Å². The first-order valence-electron chi connectivity index (χ1n) is 9.67. The van der Waals surface area contributed by atoms with Gasteiger partial charge in [0.1, 0.15) is 19.2 Å². The number of carboxylic acids is 1. The summed E-state index contributed by atoms with van der Waals surface area (Å²) in [6.45, 7) is 0.276. The molecule has 1 saturated heterocycles. The molecule has 1 atom stereocenters. The van der Waals surface area contributed by atoms with Crippen LogP contribution in [-0.2, 0) is 14.3 Å². The van der Waals surface area contributed by atoms with Crippen molar-refractivity contribution in [3.63, 3.8) is 0 Å². The largest absolute Gasteiger partial charge is 0.480 e. The molecule has 2 N–H and O–H groups in total. The summed E-state index contributed by atoms with van der Waals surface area (Å²) >= 11 is 0. The van der Waals surface area contributed by atoms with E-state index in [1.165, 1.54) is 4.90 Å². The summed E-state index contributed by atoms with van der Waals surface area (Å²) in [5, 5.41) is 11.6. The molecule has 1 heterocycles. The molecule has 2 amide bonds. The number of likely N-dealkylation sites (tertiary alicyclic amines) is 1. The molecule has 4 rings (SSSR count). The van der Waals surface area contributed by atoms with Crippen molar-refractivity contribution in [3.8, 4) is 11.1 Å². The van der Waals surface area contributed by atoms with E-state index in [-0.39, 0.29) is 19.1 Å². The van der Waals surface area contributed by atoms with Gasteiger partial charge in [-0.3, -0.25) is 4.79 Å². The minimum atomic E-state index is -1.02. The number of nitrogens with zero attached hydrogens (tertiary/aromatic N) is 1. The van der Waals surface area contributed by atoms with Crippen LogP contribution in [0.5, 0.6) is 0 Å². The van der Waals surface area contributed by atoms with Crippen LogP contribution in [0.1, 0.15) is 29.9 Å². The molecule has 2 aromatic rings. The number of aliphatic carboxylic acids is 1. The van der Waals surface area contributed by atoms with E-state index < -0.39 is 24.0 Å². The molecule has 7 heteroatoms. The number of hydrogen-bond donors (Lipinski definition) is 2. The van der Waals surface area contributed by atoms with Gasteiger partial charge in [0.25, 0.3) is 0 Å². The second-order valence-corrected chi connectivity index (χ2v) is 7.26. The summed E-state index contributed by atoms with van der Waals surface area (Å²) in [5.41, 5.74) is 4.50. The Kier molecular flexibility index (Phi) is 5.20. The minimum Gasteiger partial charge on any atom is -0.480 e. The molecule has 1 aliphatic carbocycles. The van der Waals surface area contributed by atoms with Gasteiger partial charge in [0.2, 0.25) is 5.91 Å². The Balaban J connectivity index is 1.35. The lowest BCUT2D eigenvalue weighted by Gasteiger charge is -2.21. The van der Waals surface area contributed by atoms with Gasteiger partial charge in [-0.2, -0.15) is 0 Å². The van der Waals surface area contributed by atoms with Crippen LogP contribution in [0.4, 0.5) is 4.79 Å². The Morgan fingerprint density at radius 3 is 2.28 bits per heavy atom. The molecule has 0 bridgehead atoms. The number of ether oxygens (including phenoxy) is 1. The number of nitrogens with one attached hydrogen (secondary N) is 1. The predicted octanol–water partition coefficient (Wildman–Crippen LogP) is 2.60. The zero-order valence-corrected chi connectivity index (χ0v) is 15.8. The third-order valence-corrected chi connectivity index (χ3v) is 5.59. The maximum absolute atomic E-state index is 12.2. The van der Waals surface area contributed by atoms with Crippen LogP contribution in [-0.4, -0.2) is 53.7 Å². The van der Waals surface area contributed by atoms with Crippen LogP contribution >= 0.6 is 0 Å². The van der Waals surface area contributed by atoms with Crippen LogP contribution in [0, 0.1) is 0 Å². The highest BCUT2D eigenvalue weighted by molar-refractivity contribution is 5.87. The summed E-state index contributed by atoms with van der Waals surface area (Å²) in [4.78, 5) is 36.9. The first-order valence-corrected chi connectivity index (χ1v) is 9.67. The van der Waals surface area contributed by atoms with Gasteiger partial charge in [-0.1, -0.05) is 48.5 Å². The Morgan fingerprint density at radius 2 is 1.66 bits per heavy atom. The zero-order chi connectivity index (χ0) is 20.4. The highest BCUT2D eigenvalue weighted by Gasteiger charge is 2.34. The summed E-state index contributed by atoms with van der Waals surface area (Å²) in [5.74, 6) is -1.49. The summed E-state index contributed by atoms with van der Waals surface area (Å²) < 4.78 is 5.39. The molecule has 0 spiro atoms.